The summed E-state index contributed by atoms with van der Waals surface area (Å²) in [7, 11) is 0. The van der Waals surface area contributed by atoms with E-state index < -0.39 is 11.6 Å². The van der Waals surface area contributed by atoms with E-state index in [-0.39, 0.29) is 12.2 Å². The molecule has 6 unspecified atom stereocenters. The Hall–Kier alpha value is -0.160. The molecule has 0 aromatic rings. The summed E-state index contributed by atoms with van der Waals surface area (Å²) in [6, 6.07) is 0. The minimum Gasteiger partial charge on any atom is -0.348 e. The van der Waals surface area contributed by atoms with Crippen molar-refractivity contribution in [1.82, 2.24) is 0 Å². The lowest BCUT2D eigenvalue weighted by Crippen LogP contribution is -2.36. The van der Waals surface area contributed by atoms with Crippen molar-refractivity contribution in [1.29, 1.82) is 0 Å². The quantitative estimate of drug-likeness (QED) is 0.191. The largest absolute Gasteiger partial charge is 0.348 e. The molecular formula is C46H94O4. The molecule has 4 aliphatic rings. The second kappa shape index (κ2) is 27.4. The highest BCUT2D eigenvalue weighted by molar-refractivity contribution is 4.85. The van der Waals surface area contributed by atoms with E-state index in [4.69, 9.17) is 18.9 Å². The van der Waals surface area contributed by atoms with Gasteiger partial charge >= 0.3 is 0 Å². The molecule has 2 heterocycles. The first kappa shape index (κ1) is 49.8. The van der Waals surface area contributed by atoms with E-state index in [1.54, 1.807) is 0 Å². The van der Waals surface area contributed by atoms with Crippen LogP contribution in [0.1, 0.15) is 214 Å². The van der Waals surface area contributed by atoms with Crippen LogP contribution >= 0.6 is 0 Å². The molecule has 302 valence electrons. The molecular weight excluding hydrogens is 617 g/mol. The Morgan fingerprint density at radius 1 is 0.480 bits per heavy atom. The van der Waals surface area contributed by atoms with Gasteiger partial charge in [-0.25, -0.2) is 0 Å². The summed E-state index contributed by atoms with van der Waals surface area (Å²) in [5, 5.41) is 0. The van der Waals surface area contributed by atoms with Crippen LogP contribution in [-0.2, 0) is 18.9 Å². The van der Waals surface area contributed by atoms with Gasteiger partial charge < -0.3 is 18.9 Å². The molecule has 0 radical (unpaired) electrons. The maximum atomic E-state index is 5.92. The van der Waals surface area contributed by atoms with Gasteiger partial charge in [-0.3, -0.25) is 0 Å². The van der Waals surface area contributed by atoms with Gasteiger partial charge in [0, 0.05) is 0 Å². The second-order valence-electron chi connectivity index (χ2n) is 18.3. The minimum atomic E-state index is -0.453. The molecule has 4 fully saturated rings. The van der Waals surface area contributed by atoms with Crippen molar-refractivity contribution >= 4 is 0 Å². The molecule has 0 aromatic carbocycles. The van der Waals surface area contributed by atoms with E-state index in [1.165, 1.54) is 103 Å². The minimum absolute atomic E-state index is 0.141. The number of ether oxygens (including phenoxy) is 4. The Labute approximate surface area is 316 Å². The van der Waals surface area contributed by atoms with Gasteiger partial charge in [0.2, 0.25) is 0 Å². The van der Waals surface area contributed by atoms with Crippen LogP contribution in [0.2, 0.25) is 0 Å². The van der Waals surface area contributed by atoms with Gasteiger partial charge in [-0.1, -0.05) is 186 Å². The molecule has 0 aromatic heterocycles. The highest BCUT2D eigenvalue weighted by Gasteiger charge is 2.43. The third kappa shape index (κ3) is 22.8. The molecule has 50 heavy (non-hydrogen) atoms. The number of unbranched alkanes of at least 4 members (excludes halogenated alkanes) is 2. The van der Waals surface area contributed by atoms with Crippen LogP contribution in [0.5, 0.6) is 0 Å². The van der Waals surface area contributed by atoms with Crippen molar-refractivity contribution in [2.45, 2.75) is 237 Å². The Morgan fingerprint density at radius 3 is 0.960 bits per heavy atom. The SMILES string of the molecule is CC(C1COC(C)(C)O1)C(C)[C@H]1COC(C)(C)O1.CC1CCC[C@@H]1C.CC1CCC[C@H]1C.CCCCC(C)CCC.CCCC[C@@H](C)CCC. The van der Waals surface area contributed by atoms with E-state index in [0.29, 0.717) is 25.0 Å². The van der Waals surface area contributed by atoms with Crippen molar-refractivity contribution < 1.29 is 18.9 Å². The van der Waals surface area contributed by atoms with Crippen LogP contribution < -0.4 is 0 Å². The average Bonchev–Trinajstić information content (AvgIpc) is 3.84. The van der Waals surface area contributed by atoms with Gasteiger partial charge in [0.1, 0.15) is 0 Å². The fourth-order valence-electron chi connectivity index (χ4n) is 7.67. The monoisotopic (exact) mass is 711 g/mol. The van der Waals surface area contributed by atoms with Gasteiger partial charge in [0.15, 0.2) is 11.6 Å². The van der Waals surface area contributed by atoms with Gasteiger partial charge in [-0.15, -0.1) is 0 Å². The molecule has 0 spiro atoms. The molecule has 2 saturated carbocycles. The fraction of sp³-hybridized carbons (Fsp3) is 1.00. The zero-order valence-electron chi connectivity index (χ0n) is 37.1. The van der Waals surface area contributed by atoms with Crippen molar-refractivity contribution in [3.05, 3.63) is 0 Å². The van der Waals surface area contributed by atoms with Crippen LogP contribution in [0, 0.1) is 47.3 Å². The summed E-state index contributed by atoms with van der Waals surface area (Å²) in [5.74, 6) is 5.85. The predicted octanol–water partition coefficient (Wildman–Crippen LogP) is 14.7. The summed E-state index contributed by atoms with van der Waals surface area (Å²) >= 11 is 0. The zero-order valence-corrected chi connectivity index (χ0v) is 37.1. The van der Waals surface area contributed by atoms with Gasteiger partial charge in [-0.05, 0) is 75.0 Å². The first-order chi connectivity index (χ1) is 23.4. The summed E-state index contributed by atoms with van der Waals surface area (Å²) in [5.41, 5.74) is 0. The summed E-state index contributed by atoms with van der Waals surface area (Å²) in [4.78, 5) is 0. The number of hydrogen-bond acceptors (Lipinski definition) is 4. The van der Waals surface area contributed by atoms with Gasteiger partial charge in [-0.2, -0.15) is 0 Å². The zero-order chi connectivity index (χ0) is 38.3. The van der Waals surface area contributed by atoms with Crippen molar-refractivity contribution in [3.63, 3.8) is 0 Å². The third-order valence-corrected chi connectivity index (χ3v) is 12.3. The summed E-state index contributed by atoms with van der Waals surface area (Å²) in [6.45, 7) is 36.8. The average molecular weight is 711 g/mol. The Kier molecular flexibility index (Phi) is 27.3. The predicted molar refractivity (Wildman–Crippen MR) is 220 cm³/mol. The van der Waals surface area contributed by atoms with E-state index in [1.807, 2.05) is 27.7 Å². The van der Waals surface area contributed by atoms with Gasteiger partial charge in [0.05, 0.1) is 25.4 Å². The highest BCUT2D eigenvalue weighted by atomic mass is 16.7. The lowest BCUT2D eigenvalue weighted by Gasteiger charge is -2.29. The number of hydrogen-bond donors (Lipinski definition) is 0. The standard InChI is InChI=1S/C14H26O4.2C9H20.2C7H14/c1-9(11-7-15-13(3,4)17-11)10(2)12-8-16-14(5,6)18-12;2*1-4-6-8-9(3)7-5-2;2*1-6-4-3-5-7(6)2/h9-12H,7-8H2,1-6H3;2*9H,4-8H2,1-3H3;2*6-7H,3-5H2,1-2H3/t9?,10?,11-,12?;9-;;2*6-,7?/m10.10/s1. The maximum absolute atomic E-state index is 5.92. The van der Waals surface area contributed by atoms with E-state index >= 15 is 0 Å². The molecule has 4 nitrogen and oxygen atoms in total. The van der Waals surface area contributed by atoms with Gasteiger partial charge in [0.25, 0.3) is 0 Å². The molecule has 2 aliphatic carbocycles. The van der Waals surface area contributed by atoms with Crippen molar-refractivity contribution in [2.24, 2.45) is 47.3 Å². The van der Waals surface area contributed by atoms with Crippen LogP contribution in [0.15, 0.2) is 0 Å². The van der Waals surface area contributed by atoms with E-state index in [0.717, 1.165) is 35.5 Å². The van der Waals surface area contributed by atoms with Crippen molar-refractivity contribution in [3.8, 4) is 0 Å². The molecule has 2 aliphatic heterocycles. The Bertz CT molecular complexity index is 700. The van der Waals surface area contributed by atoms with Crippen LogP contribution in [0.3, 0.4) is 0 Å². The molecule has 4 heteroatoms. The van der Waals surface area contributed by atoms with Crippen molar-refractivity contribution in [2.75, 3.05) is 13.2 Å². The Morgan fingerprint density at radius 2 is 0.780 bits per heavy atom. The molecule has 10 atom stereocenters. The fourth-order valence-corrected chi connectivity index (χ4v) is 7.67. The highest BCUT2D eigenvalue weighted by Crippen LogP contribution is 2.36. The van der Waals surface area contributed by atoms with Crippen LogP contribution in [0.4, 0.5) is 0 Å². The number of rotatable bonds is 13. The smallest absolute Gasteiger partial charge is 0.163 e. The van der Waals surface area contributed by atoms with Crippen LogP contribution in [-0.4, -0.2) is 37.0 Å². The van der Waals surface area contributed by atoms with Crippen LogP contribution in [0.25, 0.3) is 0 Å². The molecule has 0 amide bonds. The Balaban J connectivity index is 0.000000642. The molecule has 0 N–H and O–H groups in total. The molecule has 4 rings (SSSR count). The first-order valence-electron chi connectivity index (χ1n) is 22.1. The normalized spacial score (nSPS) is 30.2. The summed E-state index contributed by atoms with van der Waals surface area (Å²) in [6.07, 6.45) is 23.1. The summed E-state index contributed by atoms with van der Waals surface area (Å²) < 4.78 is 23.1. The lowest BCUT2D eigenvalue weighted by atomic mass is 9.87. The maximum Gasteiger partial charge on any atom is 0.163 e. The van der Waals surface area contributed by atoms with E-state index in [9.17, 15) is 0 Å². The molecule has 2 saturated heterocycles. The lowest BCUT2D eigenvalue weighted by molar-refractivity contribution is -0.158. The molecule has 0 bridgehead atoms. The second-order valence-corrected chi connectivity index (χ2v) is 18.3. The topological polar surface area (TPSA) is 36.9 Å². The van der Waals surface area contributed by atoms with E-state index in [2.05, 4.69) is 83.1 Å². The third-order valence-electron chi connectivity index (χ3n) is 12.3. The first-order valence-corrected chi connectivity index (χ1v) is 22.1.